The van der Waals surface area contributed by atoms with Gasteiger partial charge in [0.25, 0.3) is 5.91 Å². The van der Waals surface area contributed by atoms with Crippen LogP contribution in [0.4, 0.5) is 0 Å². The van der Waals surface area contributed by atoms with Crippen LogP contribution in [0, 0.1) is 11.3 Å². The van der Waals surface area contributed by atoms with Crippen LogP contribution in [0.1, 0.15) is 5.56 Å². The maximum Gasteiger partial charge on any atom is 0.328 e. The van der Waals surface area contributed by atoms with E-state index in [9.17, 15) is 9.59 Å². The number of rotatable bonds is 6. The monoisotopic (exact) mass is 264 g/mol. The summed E-state index contributed by atoms with van der Waals surface area (Å²) in [5.41, 5.74) is 0.461. The van der Waals surface area contributed by atoms with Crippen molar-refractivity contribution in [2.45, 2.75) is 6.04 Å². The molecule has 1 aromatic carbocycles. The first-order valence-electron chi connectivity index (χ1n) is 5.33. The number of hydrogen-bond acceptors (Lipinski definition) is 5. The van der Waals surface area contributed by atoms with E-state index in [4.69, 9.17) is 20.2 Å². The van der Waals surface area contributed by atoms with E-state index in [0.29, 0.717) is 11.3 Å². The lowest BCUT2D eigenvalue weighted by atomic mass is 10.2. The first-order chi connectivity index (χ1) is 9.06. The fourth-order valence-corrected chi connectivity index (χ4v) is 1.20. The van der Waals surface area contributed by atoms with Gasteiger partial charge in [0.1, 0.15) is 11.8 Å². The third-order valence-corrected chi connectivity index (χ3v) is 2.17. The van der Waals surface area contributed by atoms with Crippen LogP contribution in [0.5, 0.6) is 5.75 Å². The minimum atomic E-state index is -1.35. The summed E-state index contributed by atoms with van der Waals surface area (Å²) in [6, 6.07) is 6.69. The number of ether oxygens (including phenoxy) is 1. The fourth-order valence-electron chi connectivity index (χ4n) is 1.20. The SMILES string of the molecule is N#Cc1ccc(OCC(=O)N[C@@H](CO)C(=O)O)cc1. The molecule has 1 atom stereocenters. The second-order valence-electron chi connectivity index (χ2n) is 3.57. The second kappa shape index (κ2) is 6.98. The van der Waals surface area contributed by atoms with E-state index in [1.54, 1.807) is 0 Å². The third kappa shape index (κ3) is 4.65. The molecule has 1 amide bonds. The number of carbonyl (C=O) groups is 2. The van der Waals surface area contributed by atoms with Gasteiger partial charge in [-0.2, -0.15) is 5.26 Å². The molecule has 0 saturated carbocycles. The summed E-state index contributed by atoms with van der Waals surface area (Å²) in [4.78, 5) is 21.9. The quantitative estimate of drug-likeness (QED) is 0.637. The molecule has 0 aromatic heterocycles. The zero-order valence-corrected chi connectivity index (χ0v) is 9.87. The number of amides is 1. The van der Waals surface area contributed by atoms with E-state index >= 15 is 0 Å². The first kappa shape index (κ1) is 14.5. The molecule has 19 heavy (non-hydrogen) atoms. The zero-order chi connectivity index (χ0) is 14.3. The lowest BCUT2D eigenvalue weighted by Crippen LogP contribution is -2.45. The van der Waals surface area contributed by atoms with Gasteiger partial charge in [0, 0.05) is 0 Å². The van der Waals surface area contributed by atoms with Crippen LogP contribution in [-0.2, 0) is 9.59 Å². The summed E-state index contributed by atoms with van der Waals surface area (Å²) in [6.07, 6.45) is 0. The van der Waals surface area contributed by atoms with Crippen molar-refractivity contribution < 1.29 is 24.5 Å². The second-order valence-corrected chi connectivity index (χ2v) is 3.57. The summed E-state index contributed by atoms with van der Waals surface area (Å²) in [7, 11) is 0. The van der Waals surface area contributed by atoms with E-state index in [1.165, 1.54) is 24.3 Å². The summed E-state index contributed by atoms with van der Waals surface area (Å²) >= 11 is 0. The van der Waals surface area contributed by atoms with Crippen molar-refractivity contribution in [3.63, 3.8) is 0 Å². The predicted molar refractivity (Wildman–Crippen MR) is 63.3 cm³/mol. The topological polar surface area (TPSA) is 120 Å². The lowest BCUT2D eigenvalue weighted by Gasteiger charge is -2.12. The van der Waals surface area contributed by atoms with Crippen molar-refractivity contribution in [1.82, 2.24) is 5.32 Å². The van der Waals surface area contributed by atoms with Crippen LogP contribution in [0.2, 0.25) is 0 Å². The maximum absolute atomic E-state index is 11.4. The lowest BCUT2D eigenvalue weighted by molar-refractivity contribution is -0.143. The Bertz CT molecular complexity index is 492. The predicted octanol–water partition coefficient (Wildman–Crippen LogP) is -0.501. The highest BCUT2D eigenvalue weighted by Crippen LogP contribution is 2.11. The standard InChI is InChI=1S/C12H12N2O5/c13-5-8-1-3-9(4-2-8)19-7-11(16)14-10(6-15)12(17)18/h1-4,10,15H,6-7H2,(H,14,16)(H,17,18)/t10-/m0/s1. The molecular weight excluding hydrogens is 252 g/mol. The molecule has 7 nitrogen and oxygen atoms in total. The Morgan fingerprint density at radius 2 is 2.00 bits per heavy atom. The minimum absolute atomic E-state index is 0.379. The zero-order valence-electron chi connectivity index (χ0n) is 9.87. The van der Waals surface area contributed by atoms with E-state index in [2.05, 4.69) is 5.32 Å². The summed E-state index contributed by atoms with van der Waals surface area (Å²) in [5, 5.41) is 28.0. The van der Waals surface area contributed by atoms with Crippen LogP contribution in [0.15, 0.2) is 24.3 Å². The number of carbonyl (C=O) groups excluding carboxylic acids is 1. The van der Waals surface area contributed by atoms with Crippen molar-refractivity contribution in [3.05, 3.63) is 29.8 Å². The molecule has 0 aliphatic rings. The highest BCUT2D eigenvalue weighted by Gasteiger charge is 2.18. The molecule has 1 rings (SSSR count). The Hall–Kier alpha value is -2.59. The molecule has 0 fully saturated rings. The van der Waals surface area contributed by atoms with Crippen LogP contribution in [0.25, 0.3) is 0 Å². The summed E-state index contributed by atoms with van der Waals surface area (Å²) < 4.78 is 5.10. The molecule has 0 spiro atoms. The molecule has 0 aliphatic carbocycles. The molecular formula is C12H12N2O5. The number of carboxylic acids is 1. The number of nitrogens with zero attached hydrogens (tertiary/aromatic N) is 1. The van der Waals surface area contributed by atoms with E-state index in [-0.39, 0.29) is 6.61 Å². The summed E-state index contributed by atoms with van der Waals surface area (Å²) in [6.45, 7) is -1.08. The number of nitrogens with one attached hydrogen (secondary N) is 1. The van der Waals surface area contributed by atoms with Gasteiger partial charge >= 0.3 is 5.97 Å². The van der Waals surface area contributed by atoms with Gasteiger partial charge in [-0.15, -0.1) is 0 Å². The number of benzene rings is 1. The molecule has 3 N–H and O–H groups in total. The minimum Gasteiger partial charge on any atom is -0.484 e. The van der Waals surface area contributed by atoms with Gasteiger partial charge in [-0.25, -0.2) is 4.79 Å². The molecule has 0 radical (unpaired) electrons. The van der Waals surface area contributed by atoms with Crippen molar-refractivity contribution in [1.29, 1.82) is 5.26 Å². The molecule has 0 bridgehead atoms. The molecule has 7 heteroatoms. The molecule has 0 aliphatic heterocycles. The number of aliphatic carboxylic acids is 1. The Balaban J connectivity index is 2.45. The number of nitriles is 1. The first-order valence-corrected chi connectivity index (χ1v) is 5.33. The van der Waals surface area contributed by atoms with Crippen LogP contribution in [0.3, 0.4) is 0 Å². The van der Waals surface area contributed by atoms with Crippen LogP contribution >= 0.6 is 0 Å². The highest BCUT2D eigenvalue weighted by atomic mass is 16.5. The molecule has 0 saturated heterocycles. The Morgan fingerprint density at radius 1 is 1.37 bits per heavy atom. The van der Waals surface area contributed by atoms with Gasteiger partial charge in [0.2, 0.25) is 0 Å². The van der Waals surface area contributed by atoms with Gasteiger partial charge in [0.15, 0.2) is 6.61 Å². The van der Waals surface area contributed by atoms with Gasteiger partial charge in [-0.3, -0.25) is 4.79 Å². The van der Waals surface area contributed by atoms with Crippen molar-refractivity contribution in [2.24, 2.45) is 0 Å². The molecule has 0 unspecified atom stereocenters. The van der Waals surface area contributed by atoms with Crippen molar-refractivity contribution >= 4 is 11.9 Å². The van der Waals surface area contributed by atoms with Gasteiger partial charge in [-0.05, 0) is 24.3 Å². The number of carboxylic acid groups (broad SMARTS) is 1. The summed E-state index contributed by atoms with van der Waals surface area (Å²) in [5.74, 6) is -1.61. The van der Waals surface area contributed by atoms with Gasteiger partial charge in [-0.1, -0.05) is 0 Å². The van der Waals surface area contributed by atoms with Gasteiger partial charge in [0.05, 0.1) is 18.2 Å². The normalized spacial score (nSPS) is 11.2. The van der Waals surface area contributed by atoms with E-state index in [0.717, 1.165) is 0 Å². The smallest absolute Gasteiger partial charge is 0.328 e. The van der Waals surface area contributed by atoms with Gasteiger partial charge < -0.3 is 20.3 Å². The van der Waals surface area contributed by atoms with Crippen LogP contribution < -0.4 is 10.1 Å². The third-order valence-electron chi connectivity index (χ3n) is 2.17. The highest BCUT2D eigenvalue weighted by molar-refractivity contribution is 5.84. The average molecular weight is 264 g/mol. The largest absolute Gasteiger partial charge is 0.484 e. The maximum atomic E-state index is 11.4. The average Bonchev–Trinajstić information content (AvgIpc) is 2.42. The molecule has 1 aromatic rings. The van der Waals surface area contributed by atoms with E-state index in [1.807, 2.05) is 6.07 Å². The Kier molecular flexibility index (Phi) is 5.32. The number of aliphatic hydroxyl groups excluding tert-OH is 1. The molecule has 100 valence electrons. The van der Waals surface area contributed by atoms with Crippen molar-refractivity contribution in [3.8, 4) is 11.8 Å². The van der Waals surface area contributed by atoms with Crippen LogP contribution in [-0.4, -0.2) is 41.3 Å². The fraction of sp³-hybridized carbons (Fsp3) is 0.250. The molecule has 0 heterocycles. The van der Waals surface area contributed by atoms with E-state index < -0.39 is 24.5 Å². The Morgan fingerprint density at radius 3 is 2.47 bits per heavy atom. The van der Waals surface area contributed by atoms with Crippen molar-refractivity contribution in [2.75, 3.05) is 13.2 Å². The Labute approximate surface area is 109 Å². The number of hydrogen-bond donors (Lipinski definition) is 3. The number of aliphatic hydroxyl groups is 1.